The molecule has 2 heterocycles. The van der Waals surface area contributed by atoms with Gasteiger partial charge in [-0.3, -0.25) is 4.79 Å². The number of fused-ring (bicyclic) bond motifs is 1. The molecular formula is C15H19N3O2. The smallest absolute Gasteiger partial charge is 0.259 e. The molecule has 0 aliphatic heterocycles. The van der Waals surface area contributed by atoms with Crippen LogP contribution in [0.25, 0.3) is 11.4 Å². The van der Waals surface area contributed by atoms with Crippen LogP contribution in [0.1, 0.15) is 56.2 Å². The zero-order valence-electron chi connectivity index (χ0n) is 11.9. The largest absolute Gasteiger partial charge is 0.339 e. The van der Waals surface area contributed by atoms with Crippen LogP contribution in [0, 0.1) is 0 Å². The minimum absolute atomic E-state index is 0.123. The summed E-state index contributed by atoms with van der Waals surface area (Å²) in [5, 5.41) is 3.96. The molecule has 1 unspecified atom stereocenters. The lowest BCUT2D eigenvalue weighted by molar-refractivity contribution is 0.357. The Bertz CT molecular complexity index is 672. The summed E-state index contributed by atoms with van der Waals surface area (Å²) in [6.07, 6.45) is 5.21. The standard InChI is InChI=1S/C15H19N3O2/c1-3-9(2)15-17-13(18-20-15)11-8-10-6-4-5-7-12(10)16-14(11)19/h8-9H,3-7H2,1-2H3,(H,16,19). The molecule has 106 valence electrons. The third-order valence-corrected chi connectivity index (χ3v) is 4.05. The molecule has 5 heteroatoms. The van der Waals surface area contributed by atoms with Gasteiger partial charge >= 0.3 is 0 Å². The summed E-state index contributed by atoms with van der Waals surface area (Å²) in [6, 6.07) is 1.93. The first kappa shape index (κ1) is 13.1. The van der Waals surface area contributed by atoms with Crippen LogP contribution in [0.15, 0.2) is 15.4 Å². The number of nitrogens with one attached hydrogen (secondary N) is 1. The number of nitrogens with zero attached hydrogens (tertiary/aromatic N) is 2. The quantitative estimate of drug-likeness (QED) is 0.933. The van der Waals surface area contributed by atoms with E-state index in [-0.39, 0.29) is 11.5 Å². The average molecular weight is 273 g/mol. The third-order valence-electron chi connectivity index (χ3n) is 4.05. The van der Waals surface area contributed by atoms with Gasteiger partial charge in [0.05, 0.1) is 5.56 Å². The van der Waals surface area contributed by atoms with Gasteiger partial charge in [-0.1, -0.05) is 19.0 Å². The van der Waals surface area contributed by atoms with E-state index in [9.17, 15) is 4.79 Å². The fraction of sp³-hybridized carbons (Fsp3) is 0.533. The summed E-state index contributed by atoms with van der Waals surface area (Å²) in [5.74, 6) is 1.21. The van der Waals surface area contributed by atoms with Crippen molar-refractivity contribution in [3.63, 3.8) is 0 Å². The van der Waals surface area contributed by atoms with E-state index >= 15 is 0 Å². The van der Waals surface area contributed by atoms with Crippen molar-refractivity contribution >= 4 is 0 Å². The van der Waals surface area contributed by atoms with Gasteiger partial charge in [-0.2, -0.15) is 4.98 Å². The van der Waals surface area contributed by atoms with Crippen molar-refractivity contribution in [2.24, 2.45) is 0 Å². The number of hydrogen-bond donors (Lipinski definition) is 1. The second-order valence-electron chi connectivity index (χ2n) is 5.49. The molecule has 1 N–H and O–H groups in total. The van der Waals surface area contributed by atoms with Crippen LogP contribution < -0.4 is 5.56 Å². The number of aromatic amines is 1. The van der Waals surface area contributed by atoms with Crippen LogP contribution in [-0.2, 0) is 12.8 Å². The molecule has 1 atom stereocenters. The fourth-order valence-corrected chi connectivity index (χ4v) is 2.56. The zero-order chi connectivity index (χ0) is 14.1. The van der Waals surface area contributed by atoms with Gasteiger partial charge in [-0.25, -0.2) is 0 Å². The van der Waals surface area contributed by atoms with Gasteiger partial charge in [0, 0.05) is 11.6 Å². The topological polar surface area (TPSA) is 71.8 Å². The zero-order valence-corrected chi connectivity index (χ0v) is 11.9. The molecule has 0 fully saturated rings. The Balaban J connectivity index is 2.01. The molecule has 5 nitrogen and oxygen atoms in total. The van der Waals surface area contributed by atoms with Gasteiger partial charge in [-0.05, 0) is 43.7 Å². The van der Waals surface area contributed by atoms with Crippen LogP contribution in [-0.4, -0.2) is 15.1 Å². The monoisotopic (exact) mass is 273 g/mol. The van der Waals surface area contributed by atoms with Crippen molar-refractivity contribution in [1.29, 1.82) is 0 Å². The number of hydrogen-bond acceptors (Lipinski definition) is 4. The maximum absolute atomic E-state index is 12.2. The highest BCUT2D eigenvalue weighted by Crippen LogP contribution is 2.23. The molecule has 1 aliphatic carbocycles. The SMILES string of the molecule is CCC(C)c1nc(-c2cc3c([nH]c2=O)CCCC3)no1. The molecular weight excluding hydrogens is 254 g/mol. The Kier molecular flexibility index (Phi) is 3.42. The molecule has 1 aliphatic rings. The van der Waals surface area contributed by atoms with Gasteiger partial charge in [-0.15, -0.1) is 0 Å². The highest BCUT2D eigenvalue weighted by Gasteiger charge is 2.18. The average Bonchev–Trinajstić information content (AvgIpc) is 2.95. The van der Waals surface area contributed by atoms with Crippen molar-refractivity contribution in [2.75, 3.05) is 0 Å². The van der Waals surface area contributed by atoms with E-state index in [0.717, 1.165) is 31.4 Å². The normalized spacial score (nSPS) is 15.9. The van der Waals surface area contributed by atoms with Crippen molar-refractivity contribution in [3.05, 3.63) is 33.6 Å². The third kappa shape index (κ3) is 2.28. The molecule has 0 aromatic carbocycles. The molecule has 0 spiro atoms. The summed E-state index contributed by atoms with van der Waals surface area (Å²) >= 11 is 0. The van der Waals surface area contributed by atoms with Crippen LogP contribution in [0.5, 0.6) is 0 Å². The second-order valence-corrected chi connectivity index (χ2v) is 5.49. The summed E-state index contributed by atoms with van der Waals surface area (Å²) in [7, 11) is 0. The summed E-state index contributed by atoms with van der Waals surface area (Å²) in [5.41, 5.74) is 2.67. The number of H-pyrrole nitrogens is 1. The van der Waals surface area contributed by atoms with E-state index in [1.807, 2.05) is 13.0 Å². The molecule has 0 saturated heterocycles. The Labute approximate surface area is 117 Å². The first-order valence-electron chi connectivity index (χ1n) is 7.28. The predicted molar refractivity (Wildman–Crippen MR) is 75.7 cm³/mol. The summed E-state index contributed by atoms with van der Waals surface area (Å²) in [6.45, 7) is 4.11. The predicted octanol–water partition coefficient (Wildman–Crippen LogP) is 2.82. The second kappa shape index (κ2) is 5.23. The van der Waals surface area contributed by atoms with Crippen molar-refractivity contribution in [3.8, 4) is 11.4 Å². The van der Waals surface area contributed by atoms with Gasteiger partial charge in [0.1, 0.15) is 0 Å². The number of pyridine rings is 1. The van der Waals surface area contributed by atoms with E-state index in [2.05, 4.69) is 22.0 Å². The highest BCUT2D eigenvalue weighted by atomic mass is 16.5. The molecule has 0 bridgehead atoms. The van der Waals surface area contributed by atoms with Crippen LogP contribution in [0.2, 0.25) is 0 Å². The number of aromatic nitrogens is 3. The summed E-state index contributed by atoms with van der Waals surface area (Å²) < 4.78 is 5.26. The molecule has 3 rings (SSSR count). The molecule has 2 aromatic rings. The first-order valence-corrected chi connectivity index (χ1v) is 7.28. The minimum Gasteiger partial charge on any atom is -0.339 e. The van der Waals surface area contributed by atoms with Gasteiger partial charge in [0.2, 0.25) is 11.7 Å². The van der Waals surface area contributed by atoms with Crippen molar-refractivity contribution < 1.29 is 4.52 Å². The van der Waals surface area contributed by atoms with Crippen LogP contribution in [0.4, 0.5) is 0 Å². The van der Waals surface area contributed by atoms with Gasteiger partial charge < -0.3 is 9.51 Å². The van der Waals surface area contributed by atoms with E-state index in [0.29, 0.717) is 17.3 Å². The molecule has 20 heavy (non-hydrogen) atoms. The molecule has 2 aromatic heterocycles. The van der Waals surface area contributed by atoms with Crippen LogP contribution >= 0.6 is 0 Å². The summed E-state index contributed by atoms with van der Waals surface area (Å²) in [4.78, 5) is 19.5. The van der Waals surface area contributed by atoms with E-state index < -0.39 is 0 Å². The van der Waals surface area contributed by atoms with Crippen molar-refractivity contribution in [2.45, 2.75) is 51.9 Å². The molecule has 0 saturated carbocycles. The van der Waals surface area contributed by atoms with Crippen molar-refractivity contribution in [1.82, 2.24) is 15.1 Å². The van der Waals surface area contributed by atoms with E-state index in [1.54, 1.807) is 0 Å². The lowest BCUT2D eigenvalue weighted by Crippen LogP contribution is -2.17. The first-order chi connectivity index (χ1) is 9.69. The lowest BCUT2D eigenvalue weighted by atomic mass is 9.95. The Hall–Kier alpha value is -1.91. The lowest BCUT2D eigenvalue weighted by Gasteiger charge is -2.15. The van der Waals surface area contributed by atoms with E-state index in [4.69, 9.17) is 4.52 Å². The maximum atomic E-state index is 12.2. The Morgan fingerprint density at radius 3 is 3.00 bits per heavy atom. The van der Waals surface area contributed by atoms with Gasteiger partial charge in [0.15, 0.2) is 0 Å². The van der Waals surface area contributed by atoms with Crippen LogP contribution in [0.3, 0.4) is 0 Å². The molecule has 0 radical (unpaired) electrons. The van der Waals surface area contributed by atoms with Gasteiger partial charge in [0.25, 0.3) is 5.56 Å². The van der Waals surface area contributed by atoms with E-state index in [1.165, 1.54) is 12.0 Å². The minimum atomic E-state index is -0.123. The number of rotatable bonds is 3. The maximum Gasteiger partial charge on any atom is 0.259 e. The fourth-order valence-electron chi connectivity index (χ4n) is 2.56. The molecule has 0 amide bonds. The highest BCUT2D eigenvalue weighted by molar-refractivity contribution is 5.54. The number of aryl methyl sites for hydroxylation is 2. The Morgan fingerprint density at radius 1 is 1.40 bits per heavy atom. The Morgan fingerprint density at radius 2 is 2.20 bits per heavy atom.